The van der Waals surface area contributed by atoms with Gasteiger partial charge in [0.2, 0.25) is 10.0 Å². The Morgan fingerprint density at radius 1 is 1.00 bits per heavy atom. The summed E-state index contributed by atoms with van der Waals surface area (Å²) in [5.41, 5.74) is 0. The second-order valence-electron chi connectivity index (χ2n) is 4.11. The zero-order valence-corrected chi connectivity index (χ0v) is 14.8. The molecule has 0 spiro atoms. The van der Waals surface area contributed by atoms with Crippen molar-refractivity contribution in [3.63, 3.8) is 0 Å². The molecule has 2 N–H and O–H groups in total. The first-order valence-corrected chi connectivity index (χ1v) is 7.98. The minimum absolute atomic E-state index is 0. The molecule has 0 aromatic heterocycles. The number of rotatable bonds is 9. The van der Waals surface area contributed by atoms with E-state index in [2.05, 4.69) is 10.0 Å². The summed E-state index contributed by atoms with van der Waals surface area (Å²) >= 11 is 0. The van der Waals surface area contributed by atoms with Crippen molar-refractivity contribution >= 4 is 22.4 Å². The van der Waals surface area contributed by atoms with E-state index in [0.29, 0.717) is 12.3 Å². The summed E-state index contributed by atoms with van der Waals surface area (Å²) in [5.74, 6) is 0.791. The highest BCUT2D eigenvalue weighted by Gasteiger charge is 2.25. The fourth-order valence-electron chi connectivity index (χ4n) is 1.76. The summed E-state index contributed by atoms with van der Waals surface area (Å²) in [6, 6.07) is 3.00. The third kappa shape index (κ3) is 5.20. The highest BCUT2D eigenvalue weighted by molar-refractivity contribution is 7.89. The molecule has 0 aliphatic rings. The van der Waals surface area contributed by atoms with Crippen LogP contribution in [0.3, 0.4) is 0 Å². The molecule has 0 unspecified atom stereocenters. The van der Waals surface area contributed by atoms with Crippen LogP contribution in [0.2, 0.25) is 0 Å². The number of nitrogens with one attached hydrogen (secondary N) is 2. The molecule has 0 radical (unpaired) electrons. The van der Waals surface area contributed by atoms with Gasteiger partial charge in [-0.05, 0) is 6.54 Å². The molecule has 0 aliphatic carbocycles. The van der Waals surface area contributed by atoms with Crippen LogP contribution in [-0.2, 0) is 10.0 Å². The van der Waals surface area contributed by atoms with E-state index in [1.54, 1.807) is 0 Å². The van der Waals surface area contributed by atoms with Gasteiger partial charge in [-0.15, -0.1) is 12.4 Å². The van der Waals surface area contributed by atoms with Crippen molar-refractivity contribution in [2.75, 3.05) is 41.0 Å². The molecule has 0 amide bonds. The molecule has 0 aliphatic heterocycles. The Balaban J connectivity index is 0.00000441. The number of likely N-dealkylation sites (N-methyl/N-ethyl adjacent to an activating group) is 1. The number of sulfonamides is 1. The Kier molecular flexibility index (Phi) is 9.19. The van der Waals surface area contributed by atoms with E-state index in [9.17, 15) is 8.42 Å². The SMILES string of the molecule is CCNCCNS(=O)(=O)c1c(OC)cc(OC)cc1OC.Cl. The smallest absolute Gasteiger partial charge is 0.248 e. The fraction of sp³-hybridized carbons (Fsp3) is 0.538. The van der Waals surface area contributed by atoms with Crippen molar-refractivity contribution in [1.29, 1.82) is 0 Å². The molecule has 0 saturated carbocycles. The summed E-state index contributed by atoms with van der Waals surface area (Å²) in [6.07, 6.45) is 0. The fourth-order valence-corrected chi connectivity index (χ4v) is 3.09. The van der Waals surface area contributed by atoms with Gasteiger partial charge in [0.15, 0.2) is 4.90 Å². The Morgan fingerprint density at radius 2 is 1.55 bits per heavy atom. The van der Waals surface area contributed by atoms with E-state index in [1.165, 1.54) is 33.5 Å². The number of benzene rings is 1. The Morgan fingerprint density at radius 3 is 1.95 bits per heavy atom. The van der Waals surface area contributed by atoms with Crippen molar-refractivity contribution in [2.24, 2.45) is 0 Å². The zero-order valence-electron chi connectivity index (χ0n) is 13.1. The predicted molar refractivity (Wildman–Crippen MR) is 87.1 cm³/mol. The third-order valence-corrected chi connectivity index (χ3v) is 4.31. The molecule has 128 valence electrons. The Hall–Kier alpha value is -1.22. The molecule has 0 heterocycles. The van der Waals surface area contributed by atoms with Gasteiger partial charge < -0.3 is 19.5 Å². The van der Waals surface area contributed by atoms with Gasteiger partial charge in [-0.1, -0.05) is 6.92 Å². The molecular formula is C13H23ClN2O5S. The van der Waals surface area contributed by atoms with E-state index >= 15 is 0 Å². The van der Waals surface area contributed by atoms with Gasteiger partial charge in [0.1, 0.15) is 17.2 Å². The maximum atomic E-state index is 12.4. The van der Waals surface area contributed by atoms with E-state index in [1.807, 2.05) is 6.92 Å². The van der Waals surface area contributed by atoms with Crippen molar-refractivity contribution in [1.82, 2.24) is 10.0 Å². The number of halogens is 1. The second kappa shape index (κ2) is 9.73. The summed E-state index contributed by atoms with van der Waals surface area (Å²) in [6.45, 7) is 3.53. The van der Waals surface area contributed by atoms with Crippen LogP contribution in [-0.4, -0.2) is 49.4 Å². The van der Waals surface area contributed by atoms with Crippen LogP contribution in [0.25, 0.3) is 0 Å². The van der Waals surface area contributed by atoms with Crippen LogP contribution in [0.15, 0.2) is 17.0 Å². The highest BCUT2D eigenvalue weighted by Crippen LogP contribution is 2.37. The van der Waals surface area contributed by atoms with Gasteiger partial charge in [0.05, 0.1) is 21.3 Å². The highest BCUT2D eigenvalue weighted by atomic mass is 35.5. The van der Waals surface area contributed by atoms with Crippen LogP contribution in [0.1, 0.15) is 6.92 Å². The summed E-state index contributed by atoms with van der Waals surface area (Å²) in [5, 5.41) is 3.04. The Bertz CT molecular complexity index is 541. The van der Waals surface area contributed by atoms with Crippen LogP contribution in [0, 0.1) is 0 Å². The van der Waals surface area contributed by atoms with Gasteiger partial charge in [-0.3, -0.25) is 0 Å². The largest absolute Gasteiger partial charge is 0.496 e. The molecule has 1 aromatic rings. The molecular weight excluding hydrogens is 332 g/mol. The summed E-state index contributed by atoms with van der Waals surface area (Å²) < 4.78 is 42.7. The molecule has 0 saturated heterocycles. The minimum Gasteiger partial charge on any atom is -0.496 e. The molecule has 9 heteroatoms. The van der Waals surface area contributed by atoms with Gasteiger partial charge in [-0.25, -0.2) is 13.1 Å². The number of ether oxygens (including phenoxy) is 3. The number of hydrogen-bond donors (Lipinski definition) is 2. The standard InChI is InChI=1S/C13H22N2O5S.ClH/c1-5-14-6-7-15-21(16,17)13-11(19-3)8-10(18-2)9-12(13)20-4;/h8-9,14-15H,5-7H2,1-4H3;1H. The maximum absolute atomic E-state index is 12.4. The van der Waals surface area contributed by atoms with Crippen molar-refractivity contribution in [3.8, 4) is 17.2 Å². The van der Waals surface area contributed by atoms with Gasteiger partial charge >= 0.3 is 0 Å². The number of methoxy groups -OCH3 is 3. The van der Waals surface area contributed by atoms with Gasteiger partial charge in [0.25, 0.3) is 0 Å². The molecule has 0 fully saturated rings. The van der Waals surface area contributed by atoms with Gasteiger partial charge in [-0.2, -0.15) is 0 Å². The van der Waals surface area contributed by atoms with E-state index in [-0.39, 0.29) is 35.3 Å². The number of hydrogen-bond acceptors (Lipinski definition) is 6. The first kappa shape index (κ1) is 20.8. The average Bonchev–Trinajstić information content (AvgIpc) is 2.49. The first-order chi connectivity index (χ1) is 10.00. The summed E-state index contributed by atoms with van der Waals surface area (Å²) in [4.78, 5) is -0.0372. The molecule has 1 aromatic carbocycles. The molecule has 0 bridgehead atoms. The van der Waals surface area contributed by atoms with Gasteiger partial charge in [0, 0.05) is 25.2 Å². The third-order valence-electron chi connectivity index (χ3n) is 2.78. The van der Waals surface area contributed by atoms with Crippen LogP contribution >= 0.6 is 12.4 Å². The maximum Gasteiger partial charge on any atom is 0.248 e. The van der Waals surface area contributed by atoms with Crippen molar-refractivity contribution < 1.29 is 22.6 Å². The molecule has 0 atom stereocenters. The molecule has 1 rings (SSSR count). The van der Waals surface area contributed by atoms with Crippen LogP contribution < -0.4 is 24.2 Å². The predicted octanol–water partition coefficient (Wildman–Crippen LogP) is 1.02. The van der Waals surface area contributed by atoms with Crippen LogP contribution in [0.5, 0.6) is 17.2 Å². The van der Waals surface area contributed by atoms with Crippen molar-refractivity contribution in [3.05, 3.63) is 12.1 Å². The molecule has 7 nitrogen and oxygen atoms in total. The van der Waals surface area contributed by atoms with Crippen molar-refractivity contribution in [2.45, 2.75) is 11.8 Å². The molecule has 22 heavy (non-hydrogen) atoms. The van der Waals surface area contributed by atoms with E-state index < -0.39 is 10.0 Å². The zero-order chi connectivity index (χ0) is 15.9. The topological polar surface area (TPSA) is 85.9 Å². The van der Waals surface area contributed by atoms with Crippen LogP contribution in [0.4, 0.5) is 0 Å². The monoisotopic (exact) mass is 354 g/mol. The average molecular weight is 355 g/mol. The Labute approximate surface area is 137 Å². The first-order valence-electron chi connectivity index (χ1n) is 6.50. The normalized spacial score (nSPS) is 10.7. The lowest BCUT2D eigenvalue weighted by Gasteiger charge is -2.15. The van der Waals surface area contributed by atoms with E-state index in [4.69, 9.17) is 14.2 Å². The second-order valence-corrected chi connectivity index (χ2v) is 5.82. The lowest BCUT2D eigenvalue weighted by atomic mass is 10.3. The lowest BCUT2D eigenvalue weighted by molar-refractivity contribution is 0.359. The summed E-state index contributed by atoms with van der Waals surface area (Å²) in [7, 11) is 0.526. The quantitative estimate of drug-likeness (QED) is 0.644. The lowest BCUT2D eigenvalue weighted by Crippen LogP contribution is -2.32. The van der Waals surface area contributed by atoms with E-state index in [0.717, 1.165) is 6.54 Å². The minimum atomic E-state index is -3.75.